The van der Waals surface area contributed by atoms with Crippen LogP contribution in [0.1, 0.15) is 226 Å². The van der Waals surface area contributed by atoms with E-state index in [9.17, 15) is 0 Å². The number of nitrogens with zero attached hydrogens (tertiary/aromatic N) is 5. The van der Waals surface area contributed by atoms with Crippen LogP contribution in [-0.2, 0) is 54.1 Å². The SMILES string of the molecule is CC1(C)CC(C)(C)c2c1cnc1c2ccc2ccccc21.CC1(C)CC(C)(C)c2c1cnc1c3ccccc3c3ccccc3c21.CC1(C)CC(C)(C)c2c1cnc1cc3ccccc3cc21.CC1(C)CC(C)(C)c2c1cnc1ccc3ccccc3c21.CC1(C)CC(C)(C)c2c1cnc1ccccc21. The van der Waals surface area contributed by atoms with Gasteiger partial charge in [0.05, 0.1) is 27.6 Å². The number of aromatic nitrogens is 5. The maximum absolute atomic E-state index is 4.99. The van der Waals surface area contributed by atoms with E-state index in [1.807, 2.05) is 0 Å². The normalized spacial score (nSPS) is 19.0. The van der Waals surface area contributed by atoms with Crippen molar-refractivity contribution >= 4 is 108 Å². The van der Waals surface area contributed by atoms with Gasteiger partial charge in [-0.3, -0.25) is 24.9 Å². The summed E-state index contributed by atoms with van der Waals surface area (Å²) >= 11 is 0. The molecule has 0 radical (unpaired) electrons. The molecular weight excluding hydrogens is 1270 g/mol. The van der Waals surface area contributed by atoms with Crippen molar-refractivity contribution in [3.05, 3.63) is 269 Å². The molecule has 5 aliphatic rings. The number of benzene rings is 10. The Labute approximate surface area is 622 Å². The molecule has 5 aliphatic carbocycles. The van der Waals surface area contributed by atoms with Gasteiger partial charge in [-0.1, -0.05) is 296 Å². The predicted molar refractivity (Wildman–Crippen MR) is 450 cm³/mol. The smallest absolute Gasteiger partial charge is 0.0789 e. The monoisotopic (exact) mass is 1380 g/mol. The van der Waals surface area contributed by atoms with Crippen molar-refractivity contribution in [1.82, 2.24) is 24.9 Å². The number of hydrogen-bond donors (Lipinski definition) is 0. The Morgan fingerprint density at radius 1 is 0.200 bits per heavy atom. The van der Waals surface area contributed by atoms with Crippen LogP contribution in [0, 0.1) is 0 Å². The van der Waals surface area contributed by atoms with Crippen molar-refractivity contribution in [1.29, 1.82) is 0 Å². The molecule has 0 unspecified atom stereocenters. The van der Waals surface area contributed by atoms with Gasteiger partial charge < -0.3 is 0 Å². The zero-order chi connectivity index (χ0) is 74.1. The van der Waals surface area contributed by atoms with Crippen LogP contribution in [0.3, 0.4) is 0 Å². The lowest BCUT2D eigenvalue weighted by Crippen LogP contribution is -2.18. The Hall–Kier alpha value is -9.45. The molecule has 5 heterocycles. The molecule has 0 aliphatic heterocycles. The first-order valence-corrected chi connectivity index (χ1v) is 38.6. The minimum atomic E-state index is 0.158. The van der Waals surface area contributed by atoms with Crippen LogP contribution in [0.2, 0.25) is 0 Å². The topological polar surface area (TPSA) is 64.5 Å². The second-order valence-electron chi connectivity index (χ2n) is 38.4. The van der Waals surface area contributed by atoms with E-state index in [2.05, 4.69) is 356 Å². The molecule has 10 aromatic carbocycles. The van der Waals surface area contributed by atoms with Gasteiger partial charge in [0.1, 0.15) is 0 Å². The van der Waals surface area contributed by atoms with Gasteiger partial charge in [0.15, 0.2) is 0 Å². The Kier molecular flexibility index (Phi) is 16.0. The average Bonchev–Trinajstić information content (AvgIpc) is 1.64. The second kappa shape index (κ2) is 24.0. The van der Waals surface area contributed by atoms with Gasteiger partial charge >= 0.3 is 0 Å². The molecule has 0 bridgehead atoms. The molecule has 5 heteroatoms. The van der Waals surface area contributed by atoms with Crippen LogP contribution < -0.4 is 0 Å². The standard InChI is InChI=1S/C24H23N.3C20H21N.C16H19N/c1-23(2)14-24(3,4)21-19(23)13-25-22-18-12-8-6-10-16(18)15-9-5-7-11-17(15)20(21)22;1-19(2)12-20(3,4)18-15-9-13-7-5-6-8-14(13)10-17(15)21-11-16(18)19;1-19(2)12-20(3,4)18-15(19)11-21-16-10-9-13-7-5-6-8-14(13)17(16)18;1-19(2)12-20(3,4)17-15-10-9-13-7-5-6-8-14(13)18(15)21-11-16(17)19;1-15(2)10-16(3,4)14-11-7-5-6-8-13(11)17-9-12(14)15/h5-13H,14H2,1-4H3;3*5-11H,12H2,1-4H3;5-9H,10H2,1-4H3. The fourth-order valence-corrected chi connectivity index (χ4v) is 22.4. The van der Waals surface area contributed by atoms with Gasteiger partial charge in [-0.15, -0.1) is 0 Å². The Balaban J connectivity index is 0.000000101. The summed E-state index contributed by atoms with van der Waals surface area (Å²) in [6.07, 6.45) is 16.5. The van der Waals surface area contributed by atoms with E-state index in [1.165, 1.54) is 162 Å². The van der Waals surface area contributed by atoms with Crippen LogP contribution in [-0.4, -0.2) is 24.9 Å². The molecule has 0 N–H and O–H groups in total. The van der Waals surface area contributed by atoms with Gasteiger partial charge in [-0.05, 0) is 209 Å². The van der Waals surface area contributed by atoms with E-state index >= 15 is 0 Å². The Morgan fingerprint density at radius 2 is 0.533 bits per heavy atom. The molecule has 5 aromatic heterocycles. The molecular formula is C100H105N5. The van der Waals surface area contributed by atoms with Gasteiger partial charge in [0.2, 0.25) is 0 Å². The first kappa shape index (κ1) is 69.9. The van der Waals surface area contributed by atoms with E-state index in [-0.39, 0.29) is 54.1 Å². The Bertz CT molecular complexity index is 5990. The minimum absolute atomic E-state index is 0.158. The third-order valence-corrected chi connectivity index (χ3v) is 25.2. The van der Waals surface area contributed by atoms with Gasteiger partial charge in [0.25, 0.3) is 0 Å². The summed E-state index contributed by atoms with van der Waals surface area (Å²) in [5, 5.41) is 19.7. The molecule has 20 rings (SSSR count). The van der Waals surface area contributed by atoms with Crippen LogP contribution in [0.4, 0.5) is 0 Å². The highest BCUT2D eigenvalue weighted by atomic mass is 14.7. The number of pyridine rings is 5. The number of hydrogen-bond acceptors (Lipinski definition) is 5. The third kappa shape index (κ3) is 11.5. The van der Waals surface area contributed by atoms with E-state index < -0.39 is 0 Å². The molecule has 0 amide bonds. The van der Waals surface area contributed by atoms with E-state index in [0.717, 1.165) is 34.0 Å². The third-order valence-electron chi connectivity index (χ3n) is 25.2. The highest BCUT2D eigenvalue weighted by Crippen LogP contribution is 2.57. The van der Waals surface area contributed by atoms with Crippen molar-refractivity contribution in [2.75, 3.05) is 0 Å². The summed E-state index contributed by atoms with van der Waals surface area (Å²) in [5.74, 6) is 0. The molecule has 5 nitrogen and oxygen atoms in total. The largest absolute Gasteiger partial charge is 0.256 e. The summed E-state index contributed by atoms with van der Waals surface area (Å²) in [6, 6.07) is 65.2. The maximum atomic E-state index is 4.99. The van der Waals surface area contributed by atoms with Gasteiger partial charge in [-0.2, -0.15) is 0 Å². The molecule has 0 spiro atoms. The van der Waals surface area contributed by atoms with Crippen LogP contribution in [0.15, 0.2) is 213 Å². The van der Waals surface area contributed by atoms with Gasteiger partial charge in [-0.25, -0.2) is 0 Å². The van der Waals surface area contributed by atoms with Crippen molar-refractivity contribution in [2.24, 2.45) is 0 Å². The number of rotatable bonds is 0. The number of para-hydroxylation sites is 1. The molecule has 105 heavy (non-hydrogen) atoms. The Morgan fingerprint density at radius 3 is 1.07 bits per heavy atom. The summed E-state index contributed by atoms with van der Waals surface area (Å²) in [7, 11) is 0. The zero-order valence-corrected chi connectivity index (χ0v) is 66.0. The van der Waals surface area contributed by atoms with Crippen molar-refractivity contribution in [2.45, 2.75) is 225 Å². The predicted octanol–water partition coefficient (Wildman–Crippen LogP) is 26.7. The first-order valence-electron chi connectivity index (χ1n) is 38.6. The molecule has 15 aromatic rings. The lowest BCUT2D eigenvalue weighted by molar-refractivity contribution is 0.403. The lowest BCUT2D eigenvalue weighted by Gasteiger charge is -2.23. The van der Waals surface area contributed by atoms with E-state index in [0.29, 0.717) is 0 Å². The quantitative estimate of drug-likeness (QED) is 0.112. The zero-order valence-electron chi connectivity index (χ0n) is 66.0. The number of fused-ring (bicyclic) bond motifs is 25. The van der Waals surface area contributed by atoms with E-state index in [4.69, 9.17) is 19.9 Å². The van der Waals surface area contributed by atoms with Crippen LogP contribution in [0.5, 0.6) is 0 Å². The maximum Gasteiger partial charge on any atom is 0.0789 e. The van der Waals surface area contributed by atoms with Gasteiger partial charge in [0, 0.05) is 68.7 Å². The van der Waals surface area contributed by atoms with Crippen LogP contribution >= 0.6 is 0 Å². The van der Waals surface area contributed by atoms with Crippen molar-refractivity contribution < 1.29 is 0 Å². The minimum Gasteiger partial charge on any atom is -0.256 e. The molecule has 0 saturated heterocycles. The van der Waals surface area contributed by atoms with E-state index in [1.54, 1.807) is 0 Å². The summed E-state index contributed by atoms with van der Waals surface area (Å²) in [4.78, 5) is 24.0. The van der Waals surface area contributed by atoms with Crippen molar-refractivity contribution in [3.8, 4) is 0 Å². The van der Waals surface area contributed by atoms with Crippen LogP contribution in [0.25, 0.3) is 108 Å². The average molecular weight is 1380 g/mol. The van der Waals surface area contributed by atoms with Crippen molar-refractivity contribution in [3.63, 3.8) is 0 Å². The molecule has 530 valence electrons. The fourth-order valence-electron chi connectivity index (χ4n) is 22.4. The second-order valence-corrected chi connectivity index (χ2v) is 38.4. The molecule has 0 fully saturated rings. The lowest BCUT2D eigenvalue weighted by atomic mass is 9.80. The molecule has 0 saturated carbocycles. The first-order chi connectivity index (χ1) is 49.5. The highest BCUT2D eigenvalue weighted by molar-refractivity contribution is 6.25. The fraction of sp³-hybridized carbons (Fsp3) is 0.350. The molecule has 0 atom stereocenters. The summed E-state index contributed by atoms with van der Waals surface area (Å²) < 4.78 is 0. The highest BCUT2D eigenvalue weighted by Gasteiger charge is 2.48. The summed E-state index contributed by atoms with van der Waals surface area (Å²) in [6.45, 7) is 47.2. The summed E-state index contributed by atoms with van der Waals surface area (Å²) in [5.41, 5.74) is 22.4.